The van der Waals surface area contributed by atoms with Crippen LogP contribution in [-0.2, 0) is 26.0 Å². The number of ether oxygens (including phenoxy) is 2. The number of halogens is 2. The third-order valence-corrected chi connectivity index (χ3v) is 3.99. The minimum Gasteiger partial charge on any atom is -0.493 e. The van der Waals surface area contributed by atoms with Crippen molar-refractivity contribution in [3.8, 4) is 11.5 Å². The monoisotopic (exact) mass is 328 g/mol. The van der Waals surface area contributed by atoms with Crippen LogP contribution in [0.2, 0.25) is 5.02 Å². The largest absolute Gasteiger partial charge is 0.493 e. The van der Waals surface area contributed by atoms with Crippen molar-refractivity contribution < 1.29 is 9.47 Å². The lowest BCUT2D eigenvalue weighted by atomic mass is 10.2. The summed E-state index contributed by atoms with van der Waals surface area (Å²) in [6.07, 6.45) is 0.792. The zero-order chi connectivity index (χ0) is 15.4. The van der Waals surface area contributed by atoms with Crippen LogP contribution < -0.4 is 9.47 Å². The van der Waals surface area contributed by atoms with Crippen LogP contribution in [-0.4, -0.2) is 16.9 Å². The molecule has 0 saturated heterocycles. The molecule has 4 nitrogen and oxygen atoms in total. The zero-order valence-corrected chi connectivity index (χ0v) is 13.8. The highest BCUT2D eigenvalue weighted by molar-refractivity contribution is 6.31. The lowest BCUT2D eigenvalue weighted by molar-refractivity contribution is 0.275. The number of rotatable bonds is 6. The van der Waals surface area contributed by atoms with E-state index in [9.17, 15) is 0 Å². The van der Waals surface area contributed by atoms with Crippen molar-refractivity contribution in [3.63, 3.8) is 0 Å². The summed E-state index contributed by atoms with van der Waals surface area (Å²) in [5, 5.41) is 5.03. The molecular formula is C15H18Cl2N2O2. The average molecular weight is 329 g/mol. The van der Waals surface area contributed by atoms with Crippen LogP contribution in [0.15, 0.2) is 18.2 Å². The molecule has 0 amide bonds. The predicted octanol–water partition coefficient (Wildman–Crippen LogP) is 3.96. The van der Waals surface area contributed by atoms with Crippen LogP contribution in [0, 0.1) is 0 Å². The molecule has 114 valence electrons. The Morgan fingerprint density at radius 2 is 2.05 bits per heavy atom. The van der Waals surface area contributed by atoms with Crippen molar-refractivity contribution in [2.45, 2.75) is 25.8 Å². The Morgan fingerprint density at radius 1 is 1.29 bits per heavy atom. The van der Waals surface area contributed by atoms with E-state index in [1.807, 2.05) is 32.2 Å². The van der Waals surface area contributed by atoms with E-state index in [2.05, 4.69) is 5.10 Å². The van der Waals surface area contributed by atoms with E-state index >= 15 is 0 Å². The average Bonchev–Trinajstić information content (AvgIpc) is 2.79. The molecule has 0 atom stereocenters. The van der Waals surface area contributed by atoms with E-state index in [0.29, 0.717) is 29.0 Å². The molecule has 0 aliphatic rings. The van der Waals surface area contributed by atoms with Gasteiger partial charge in [-0.05, 0) is 24.1 Å². The third-order valence-electron chi connectivity index (χ3n) is 3.25. The summed E-state index contributed by atoms with van der Waals surface area (Å²) in [5.74, 6) is 1.74. The molecule has 0 unspecified atom stereocenters. The molecule has 0 aliphatic heterocycles. The molecule has 6 heteroatoms. The fraction of sp³-hybridized carbons (Fsp3) is 0.400. The second-order valence-corrected chi connectivity index (χ2v) is 5.24. The van der Waals surface area contributed by atoms with Crippen LogP contribution >= 0.6 is 23.2 Å². The van der Waals surface area contributed by atoms with Gasteiger partial charge in [0.05, 0.1) is 23.5 Å². The topological polar surface area (TPSA) is 36.3 Å². The summed E-state index contributed by atoms with van der Waals surface area (Å²) in [6, 6.07) is 5.62. The van der Waals surface area contributed by atoms with Crippen molar-refractivity contribution in [3.05, 3.63) is 40.2 Å². The molecule has 0 fully saturated rings. The quantitative estimate of drug-likeness (QED) is 0.753. The molecular weight excluding hydrogens is 311 g/mol. The first-order valence-electron chi connectivity index (χ1n) is 6.66. The van der Waals surface area contributed by atoms with Gasteiger partial charge in [0, 0.05) is 12.9 Å². The van der Waals surface area contributed by atoms with Gasteiger partial charge in [-0.1, -0.05) is 24.6 Å². The molecule has 0 aliphatic carbocycles. The normalized spacial score (nSPS) is 10.7. The van der Waals surface area contributed by atoms with E-state index in [4.69, 9.17) is 32.7 Å². The van der Waals surface area contributed by atoms with E-state index in [1.54, 1.807) is 11.8 Å². The maximum atomic E-state index is 6.31. The van der Waals surface area contributed by atoms with Crippen LogP contribution in [0.3, 0.4) is 0 Å². The van der Waals surface area contributed by atoms with Crippen molar-refractivity contribution >= 4 is 23.2 Å². The minimum absolute atomic E-state index is 0.332. The SMILES string of the molecule is CCc1nn(C)c(COc2ccc(CCl)cc2OC)c1Cl. The fourth-order valence-electron chi connectivity index (χ4n) is 2.04. The van der Waals surface area contributed by atoms with Gasteiger partial charge in [0.2, 0.25) is 0 Å². The third kappa shape index (κ3) is 3.44. The molecule has 2 aromatic rings. The summed E-state index contributed by atoms with van der Waals surface area (Å²) in [6.45, 7) is 2.35. The van der Waals surface area contributed by atoms with E-state index < -0.39 is 0 Å². The van der Waals surface area contributed by atoms with Gasteiger partial charge in [-0.3, -0.25) is 4.68 Å². The Hall–Kier alpha value is -1.39. The molecule has 1 aromatic heterocycles. The number of hydrogen-bond donors (Lipinski definition) is 0. The number of aromatic nitrogens is 2. The van der Waals surface area contributed by atoms with E-state index in [0.717, 1.165) is 23.4 Å². The Kier molecular flexibility index (Phi) is 5.37. The van der Waals surface area contributed by atoms with Gasteiger partial charge in [-0.25, -0.2) is 0 Å². The van der Waals surface area contributed by atoms with Gasteiger partial charge in [-0.15, -0.1) is 11.6 Å². The molecule has 1 aromatic carbocycles. The highest BCUT2D eigenvalue weighted by atomic mass is 35.5. The van der Waals surface area contributed by atoms with E-state index in [-0.39, 0.29) is 0 Å². The van der Waals surface area contributed by atoms with Crippen LogP contribution in [0.5, 0.6) is 11.5 Å². The number of nitrogens with zero attached hydrogens (tertiary/aromatic N) is 2. The Labute approximate surface area is 134 Å². The maximum Gasteiger partial charge on any atom is 0.161 e. The van der Waals surface area contributed by atoms with Gasteiger partial charge in [-0.2, -0.15) is 5.10 Å². The minimum atomic E-state index is 0.332. The molecule has 0 spiro atoms. The standard InChI is InChI=1S/C15H18Cl2N2O2/c1-4-11-15(17)12(19(2)18-11)9-21-13-6-5-10(8-16)7-14(13)20-3/h5-7H,4,8-9H2,1-3H3. The van der Waals surface area contributed by atoms with Gasteiger partial charge in [0.15, 0.2) is 11.5 Å². The number of alkyl halides is 1. The first-order chi connectivity index (χ1) is 10.1. The Balaban J connectivity index is 2.18. The summed E-state index contributed by atoms with van der Waals surface area (Å²) in [4.78, 5) is 0. The molecule has 0 saturated carbocycles. The Morgan fingerprint density at radius 3 is 2.62 bits per heavy atom. The highest BCUT2D eigenvalue weighted by Crippen LogP contribution is 2.30. The molecule has 1 heterocycles. The summed E-state index contributed by atoms with van der Waals surface area (Å²) >= 11 is 12.1. The van der Waals surface area contributed by atoms with E-state index in [1.165, 1.54) is 0 Å². The molecule has 0 bridgehead atoms. The van der Waals surface area contributed by atoms with Gasteiger partial charge in [0.25, 0.3) is 0 Å². The molecule has 0 N–H and O–H groups in total. The number of benzene rings is 1. The summed E-state index contributed by atoms with van der Waals surface area (Å²) < 4.78 is 12.9. The van der Waals surface area contributed by atoms with Crippen LogP contribution in [0.25, 0.3) is 0 Å². The van der Waals surface area contributed by atoms with Crippen LogP contribution in [0.1, 0.15) is 23.9 Å². The maximum absolute atomic E-state index is 6.31. The van der Waals surface area contributed by atoms with Gasteiger partial charge < -0.3 is 9.47 Å². The lowest BCUT2D eigenvalue weighted by Crippen LogP contribution is -2.04. The number of hydrogen-bond acceptors (Lipinski definition) is 3. The Bertz CT molecular complexity index is 626. The lowest BCUT2D eigenvalue weighted by Gasteiger charge is -2.12. The fourth-order valence-corrected chi connectivity index (χ4v) is 2.55. The van der Waals surface area contributed by atoms with Crippen molar-refractivity contribution in [1.82, 2.24) is 9.78 Å². The first kappa shape index (κ1) is 16.0. The number of methoxy groups -OCH3 is 1. The molecule has 21 heavy (non-hydrogen) atoms. The number of aryl methyl sites for hydroxylation is 2. The first-order valence-corrected chi connectivity index (χ1v) is 7.57. The molecule has 0 radical (unpaired) electrons. The second kappa shape index (κ2) is 7.05. The smallest absolute Gasteiger partial charge is 0.161 e. The van der Waals surface area contributed by atoms with Crippen molar-refractivity contribution in [2.24, 2.45) is 7.05 Å². The van der Waals surface area contributed by atoms with Crippen molar-refractivity contribution in [1.29, 1.82) is 0 Å². The van der Waals surface area contributed by atoms with Crippen LogP contribution in [0.4, 0.5) is 0 Å². The predicted molar refractivity (Wildman–Crippen MR) is 84.5 cm³/mol. The summed E-state index contributed by atoms with van der Waals surface area (Å²) in [5.41, 5.74) is 2.70. The van der Waals surface area contributed by atoms with Gasteiger partial charge >= 0.3 is 0 Å². The molecule has 2 rings (SSSR count). The van der Waals surface area contributed by atoms with Gasteiger partial charge in [0.1, 0.15) is 6.61 Å². The zero-order valence-electron chi connectivity index (χ0n) is 12.3. The summed E-state index contributed by atoms with van der Waals surface area (Å²) in [7, 11) is 3.46. The highest BCUT2D eigenvalue weighted by Gasteiger charge is 2.14. The second-order valence-electron chi connectivity index (χ2n) is 4.59. The van der Waals surface area contributed by atoms with Crippen molar-refractivity contribution in [2.75, 3.05) is 7.11 Å².